The number of nitrogens with one attached hydrogen (secondary N) is 1. The van der Waals surface area contributed by atoms with Crippen LogP contribution in [0.25, 0.3) is 0 Å². The van der Waals surface area contributed by atoms with Crippen LogP contribution in [0.5, 0.6) is 11.8 Å². The molecule has 0 fully saturated rings. The number of primary amides is 1. The average Bonchev–Trinajstić information content (AvgIpc) is 2.44. The number of ether oxygens (including phenoxy) is 2. The molecule has 0 aliphatic heterocycles. The van der Waals surface area contributed by atoms with Crippen LogP contribution in [0, 0.1) is 0 Å². The monoisotopic (exact) mass is 369 g/mol. The van der Waals surface area contributed by atoms with Crippen molar-refractivity contribution in [3.8, 4) is 11.8 Å². The van der Waals surface area contributed by atoms with Gasteiger partial charge < -0.3 is 15.2 Å². The summed E-state index contributed by atoms with van der Waals surface area (Å²) in [6.45, 7) is 0. The molecule has 1 heterocycles. The number of nitrogens with zero attached hydrogens (tertiary/aromatic N) is 3. The van der Waals surface area contributed by atoms with Gasteiger partial charge in [-0.25, -0.2) is 17.9 Å². The van der Waals surface area contributed by atoms with Crippen LogP contribution in [0.1, 0.15) is 5.82 Å². The Morgan fingerprint density at radius 3 is 2.09 bits per heavy atom. The zero-order valence-corrected chi connectivity index (χ0v) is 14.0. The topological polar surface area (TPSA) is 171 Å². The third-order valence-corrected chi connectivity index (χ3v) is 6.23. The summed E-state index contributed by atoms with van der Waals surface area (Å²) in [7, 11) is -5.76. The molecule has 23 heavy (non-hydrogen) atoms. The molecule has 0 atom stereocenters. The first-order chi connectivity index (χ1) is 10.5. The Labute approximate surface area is 132 Å². The molecule has 0 aromatic carbocycles. The number of rotatable bonds is 7. The van der Waals surface area contributed by atoms with Crippen LogP contribution in [0.3, 0.4) is 0 Å². The second-order valence-electron chi connectivity index (χ2n) is 3.98. The van der Waals surface area contributed by atoms with Gasteiger partial charge in [0.2, 0.25) is 21.8 Å². The maximum absolute atomic E-state index is 12.1. The van der Waals surface area contributed by atoms with Crippen molar-refractivity contribution in [3.05, 3.63) is 11.9 Å². The smallest absolute Gasteiger partial charge is 0.326 e. The molecule has 1 rings (SSSR count). The highest BCUT2D eigenvalue weighted by Crippen LogP contribution is 2.17. The van der Waals surface area contributed by atoms with Crippen molar-refractivity contribution >= 4 is 26.3 Å². The number of sulfonamides is 1. The lowest BCUT2D eigenvalue weighted by Gasteiger charge is -2.16. The van der Waals surface area contributed by atoms with Crippen molar-refractivity contribution in [1.29, 1.82) is 0 Å². The summed E-state index contributed by atoms with van der Waals surface area (Å²) in [4.78, 5) is 18.2. The molecule has 0 spiro atoms. The molecular formula is C9H15N5O7S2. The van der Waals surface area contributed by atoms with Crippen molar-refractivity contribution in [3.63, 3.8) is 0 Å². The minimum Gasteiger partial charge on any atom is -0.481 e. The summed E-state index contributed by atoms with van der Waals surface area (Å²) >= 11 is 0. The summed E-state index contributed by atoms with van der Waals surface area (Å²) in [6.07, 6.45) is 0. The molecule has 0 radical (unpaired) electrons. The minimum absolute atomic E-state index is 0.0304. The Hall–Kier alpha value is -2.19. The van der Waals surface area contributed by atoms with Gasteiger partial charge in [0.05, 0.1) is 20.3 Å². The van der Waals surface area contributed by atoms with Gasteiger partial charge in [-0.05, 0) is 0 Å². The van der Waals surface area contributed by atoms with Crippen molar-refractivity contribution in [1.82, 2.24) is 18.4 Å². The molecular weight excluding hydrogens is 354 g/mol. The number of nitrogens with two attached hydrogens (primary N) is 1. The standard InChI is InChI=1S/C9H15N5O7S2/c1-14(23(18,19)13-9(10)15)22(16,17)5-6-11-7(20-2)4-8(12-6)21-3/h4H,5H2,1-3H3,(H3,10,13,15). The van der Waals surface area contributed by atoms with E-state index in [1.807, 2.05) is 0 Å². The summed E-state index contributed by atoms with van der Waals surface area (Å²) < 4.78 is 58.6. The normalized spacial score (nSPS) is 12.0. The van der Waals surface area contributed by atoms with Gasteiger partial charge in [-0.15, -0.1) is 0 Å². The number of amides is 2. The molecule has 0 saturated carbocycles. The number of aromatic nitrogens is 2. The van der Waals surface area contributed by atoms with Crippen LogP contribution >= 0.6 is 0 Å². The van der Waals surface area contributed by atoms with Gasteiger partial charge in [-0.2, -0.15) is 18.4 Å². The van der Waals surface area contributed by atoms with Gasteiger partial charge in [-0.1, -0.05) is 3.71 Å². The zero-order chi connectivity index (χ0) is 17.8. The summed E-state index contributed by atoms with van der Waals surface area (Å²) in [5.74, 6) is -1.08. The van der Waals surface area contributed by atoms with Gasteiger partial charge in [0, 0.05) is 7.05 Å². The molecule has 14 heteroatoms. The maximum atomic E-state index is 12.1. The van der Waals surface area contributed by atoms with Crippen LogP contribution in [-0.4, -0.2) is 57.8 Å². The quantitative estimate of drug-likeness (QED) is 0.560. The molecule has 1 aromatic heterocycles. The number of hydrogen-bond donors (Lipinski definition) is 2. The number of methoxy groups -OCH3 is 2. The number of hydrogen-bond acceptors (Lipinski definition) is 9. The number of urea groups is 1. The van der Waals surface area contributed by atoms with E-state index < -0.39 is 32.0 Å². The van der Waals surface area contributed by atoms with Gasteiger partial charge in [0.15, 0.2) is 5.82 Å². The number of carbonyl (C=O) groups excluding carboxylic acids is 1. The van der Waals surface area contributed by atoms with E-state index in [1.165, 1.54) is 25.0 Å². The summed E-state index contributed by atoms with van der Waals surface area (Å²) in [5, 5.41) is 0. The van der Waals surface area contributed by atoms with E-state index in [9.17, 15) is 21.6 Å². The van der Waals surface area contributed by atoms with Crippen LogP contribution in [0.15, 0.2) is 6.07 Å². The highest BCUT2D eigenvalue weighted by molar-refractivity contribution is 8.02. The second kappa shape index (κ2) is 6.93. The van der Waals surface area contributed by atoms with Crippen LogP contribution in [0.2, 0.25) is 0 Å². The van der Waals surface area contributed by atoms with Crippen LogP contribution < -0.4 is 19.9 Å². The predicted octanol–water partition coefficient (Wildman–Crippen LogP) is -1.83. The Kier molecular flexibility index (Phi) is 5.68. The first-order valence-corrected chi connectivity index (χ1v) is 8.81. The summed E-state index contributed by atoms with van der Waals surface area (Å²) in [5.41, 5.74) is 4.68. The van der Waals surface area contributed by atoms with Crippen molar-refractivity contribution < 1.29 is 31.1 Å². The van der Waals surface area contributed by atoms with Crippen LogP contribution in [0.4, 0.5) is 4.79 Å². The Morgan fingerprint density at radius 1 is 1.22 bits per heavy atom. The Balaban J connectivity index is 3.14. The summed E-state index contributed by atoms with van der Waals surface area (Å²) in [6, 6.07) is -0.114. The van der Waals surface area contributed by atoms with E-state index in [1.54, 1.807) is 0 Å². The van der Waals surface area contributed by atoms with Crippen molar-refractivity contribution in [2.45, 2.75) is 5.75 Å². The molecule has 3 N–H and O–H groups in total. The third-order valence-electron chi connectivity index (χ3n) is 2.42. The highest BCUT2D eigenvalue weighted by Gasteiger charge is 2.32. The molecule has 0 aliphatic rings. The lowest BCUT2D eigenvalue weighted by Crippen LogP contribution is -2.46. The van der Waals surface area contributed by atoms with E-state index in [2.05, 4.69) is 15.7 Å². The molecule has 0 saturated heterocycles. The van der Waals surface area contributed by atoms with E-state index >= 15 is 0 Å². The SMILES string of the molecule is COc1cc(OC)nc(CS(=O)(=O)N(C)S(=O)(=O)NC(N)=O)n1. The molecule has 1 aromatic rings. The second-order valence-corrected chi connectivity index (χ2v) is 7.91. The van der Waals surface area contributed by atoms with Gasteiger partial charge >= 0.3 is 16.2 Å². The molecule has 0 aliphatic carbocycles. The Bertz CT molecular complexity index is 770. The third kappa shape index (κ3) is 4.90. The van der Waals surface area contributed by atoms with Crippen molar-refractivity contribution in [2.75, 3.05) is 21.3 Å². The fourth-order valence-electron chi connectivity index (χ4n) is 1.32. The predicted molar refractivity (Wildman–Crippen MR) is 77.2 cm³/mol. The fraction of sp³-hybridized carbons (Fsp3) is 0.444. The zero-order valence-electron chi connectivity index (χ0n) is 12.4. The molecule has 130 valence electrons. The first kappa shape index (κ1) is 18.9. The molecule has 0 unspecified atom stereocenters. The lowest BCUT2D eigenvalue weighted by atomic mass is 10.5. The van der Waals surface area contributed by atoms with Gasteiger partial charge in [0.25, 0.3) is 0 Å². The average molecular weight is 369 g/mol. The lowest BCUT2D eigenvalue weighted by molar-refractivity contribution is 0.253. The van der Waals surface area contributed by atoms with Crippen molar-refractivity contribution in [2.24, 2.45) is 5.73 Å². The van der Waals surface area contributed by atoms with Gasteiger partial charge in [-0.3, -0.25) is 0 Å². The maximum Gasteiger partial charge on any atom is 0.326 e. The molecule has 0 bridgehead atoms. The highest BCUT2D eigenvalue weighted by atomic mass is 32.3. The first-order valence-electron chi connectivity index (χ1n) is 5.76. The molecule has 12 nitrogen and oxygen atoms in total. The largest absolute Gasteiger partial charge is 0.481 e. The van der Waals surface area contributed by atoms with E-state index in [0.717, 1.165) is 7.05 Å². The Morgan fingerprint density at radius 2 is 1.70 bits per heavy atom. The van der Waals surface area contributed by atoms with E-state index in [0.29, 0.717) is 0 Å². The van der Waals surface area contributed by atoms with Gasteiger partial charge in [0.1, 0.15) is 5.75 Å². The van der Waals surface area contributed by atoms with E-state index in [4.69, 9.17) is 9.47 Å². The van der Waals surface area contributed by atoms with E-state index in [-0.39, 0.29) is 21.3 Å². The van der Waals surface area contributed by atoms with Crippen LogP contribution in [-0.2, 0) is 26.0 Å². The minimum atomic E-state index is -4.67. The number of carbonyl (C=O) groups is 1. The molecule has 2 amide bonds. The fourth-order valence-corrected chi connectivity index (χ4v) is 3.80.